The monoisotopic (exact) mass is 287 g/mol. The Labute approximate surface area is 120 Å². The van der Waals surface area contributed by atoms with E-state index in [1.165, 1.54) is 11.3 Å². The molecule has 102 valence electrons. The molecule has 0 bridgehead atoms. The number of amides is 1. The molecule has 2 heterocycles. The molecule has 6 heteroatoms. The molecule has 1 aromatic heterocycles. The van der Waals surface area contributed by atoms with Gasteiger partial charge in [0.25, 0.3) is 5.91 Å². The molecule has 5 nitrogen and oxygen atoms in total. The van der Waals surface area contributed by atoms with E-state index in [1.54, 1.807) is 4.90 Å². The SMILES string of the molecule is N#CC1CN(C(=O)c2sc3ccccc3c2N)CCO1. The number of morpholine rings is 1. The number of nitrogens with zero attached hydrogens (tertiary/aromatic N) is 2. The van der Waals surface area contributed by atoms with Gasteiger partial charge in [0.2, 0.25) is 0 Å². The Morgan fingerprint density at radius 2 is 2.30 bits per heavy atom. The Morgan fingerprint density at radius 1 is 1.50 bits per heavy atom. The number of benzene rings is 1. The Morgan fingerprint density at radius 3 is 3.05 bits per heavy atom. The van der Waals surface area contributed by atoms with Gasteiger partial charge >= 0.3 is 0 Å². The third kappa shape index (κ3) is 2.11. The van der Waals surface area contributed by atoms with E-state index in [1.807, 2.05) is 30.3 Å². The van der Waals surface area contributed by atoms with E-state index < -0.39 is 6.10 Å². The van der Waals surface area contributed by atoms with Crippen LogP contribution in [0.1, 0.15) is 9.67 Å². The molecular weight excluding hydrogens is 274 g/mol. The number of anilines is 1. The molecule has 2 N–H and O–H groups in total. The molecular formula is C14H13N3O2S. The summed E-state index contributed by atoms with van der Waals surface area (Å²) in [6.07, 6.45) is -0.552. The number of nitrogen functional groups attached to an aromatic ring is 1. The van der Waals surface area contributed by atoms with Crippen LogP contribution in [0, 0.1) is 11.3 Å². The highest BCUT2D eigenvalue weighted by Crippen LogP contribution is 2.34. The lowest BCUT2D eigenvalue weighted by Crippen LogP contribution is -2.45. The molecule has 1 atom stereocenters. The molecule has 1 aliphatic rings. The number of hydrogen-bond donors (Lipinski definition) is 1. The zero-order valence-corrected chi connectivity index (χ0v) is 11.5. The fourth-order valence-corrected chi connectivity index (χ4v) is 3.37. The molecule has 0 saturated carbocycles. The number of thiophene rings is 1. The minimum Gasteiger partial charge on any atom is -0.397 e. The maximum Gasteiger partial charge on any atom is 0.266 e. The van der Waals surface area contributed by atoms with Crippen LogP contribution in [0.25, 0.3) is 10.1 Å². The van der Waals surface area contributed by atoms with Crippen LogP contribution in [0.5, 0.6) is 0 Å². The zero-order chi connectivity index (χ0) is 14.1. The first-order valence-corrected chi connectivity index (χ1v) is 7.10. The van der Waals surface area contributed by atoms with Crippen molar-refractivity contribution in [3.05, 3.63) is 29.1 Å². The summed E-state index contributed by atoms with van der Waals surface area (Å²) in [7, 11) is 0. The van der Waals surface area contributed by atoms with Gasteiger partial charge in [-0.2, -0.15) is 5.26 Å². The average molecular weight is 287 g/mol. The Kier molecular flexibility index (Phi) is 3.30. The molecule has 0 aliphatic carbocycles. The van der Waals surface area contributed by atoms with Gasteiger partial charge in [0.05, 0.1) is 24.9 Å². The average Bonchev–Trinajstić information content (AvgIpc) is 2.84. The predicted molar refractivity (Wildman–Crippen MR) is 77.5 cm³/mol. The second-order valence-electron chi connectivity index (χ2n) is 4.58. The maximum absolute atomic E-state index is 12.5. The van der Waals surface area contributed by atoms with Gasteiger partial charge in [-0.05, 0) is 6.07 Å². The molecule has 3 rings (SSSR count). The van der Waals surface area contributed by atoms with Gasteiger partial charge < -0.3 is 15.4 Å². The van der Waals surface area contributed by atoms with Gasteiger partial charge in [0, 0.05) is 16.6 Å². The van der Waals surface area contributed by atoms with E-state index in [2.05, 4.69) is 0 Å². The van der Waals surface area contributed by atoms with Crippen LogP contribution >= 0.6 is 11.3 Å². The van der Waals surface area contributed by atoms with E-state index in [0.717, 1.165) is 10.1 Å². The van der Waals surface area contributed by atoms with Gasteiger partial charge in [0.15, 0.2) is 6.10 Å². The summed E-state index contributed by atoms with van der Waals surface area (Å²) >= 11 is 1.39. The number of nitriles is 1. The molecule has 1 saturated heterocycles. The lowest BCUT2D eigenvalue weighted by atomic mass is 10.2. The van der Waals surface area contributed by atoms with Crippen molar-refractivity contribution in [2.24, 2.45) is 0 Å². The summed E-state index contributed by atoms with van der Waals surface area (Å²) < 4.78 is 6.25. The number of ether oxygens (including phenoxy) is 1. The molecule has 1 unspecified atom stereocenters. The van der Waals surface area contributed by atoms with Crippen LogP contribution < -0.4 is 5.73 Å². The fraction of sp³-hybridized carbons (Fsp3) is 0.286. The molecule has 1 fully saturated rings. The number of rotatable bonds is 1. The third-order valence-electron chi connectivity index (χ3n) is 3.33. The first-order chi connectivity index (χ1) is 9.70. The maximum atomic E-state index is 12.5. The summed E-state index contributed by atoms with van der Waals surface area (Å²) in [6.45, 7) is 1.17. The molecule has 1 aliphatic heterocycles. The quantitative estimate of drug-likeness (QED) is 0.868. The largest absolute Gasteiger partial charge is 0.397 e. The Hall–Kier alpha value is -2.10. The van der Waals surface area contributed by atoms with Gasteiger partial charge in [-0.15, -0.1) is 11.3 Å². The van der Waals surface area contributed by atoms with Crippen LogP contribution in [-0.2, 0) is 4.74 Å². The van der Waals surface area contributed by atoms with Crippen molar-refractivity contribution in [1.29, 1.82) is 5.26 Å². The van der Waals surface area contributed by atoms with Gasteiger partial charge in [-0.3, -0.25) is 4.79 Å². The number of hydrogen-bond acceptors (Lipinski definition) is 5. The van der Waals surface area contributed by atoms with Gasteiger partial charge in [0.1, 0.15) is 4.88 Å². The fourth-order valence-electron chi connectivity index (χ4n) is 2.28. The topological polar surface area (TPSA) is 79.4 Å². The predicted octanol–water partition coefficient (Wildman–Crippen LogP) is 1.85. The van der Waals surface area contributed by atoms with Crippen molar-refractivity contribution >= 4 is 33.0 Å². The van der Waals surface area contributed by atoms with Crippen molar-refractivity contribution in [1.82, 2.24) is 4.90 Å². The van der Waals surface area contributed by atoms with Crippen molar-refractivity contribution in [3.63, 3.8) is 0 Å². The summed E-state index contributed by atoms with van der Waals surface area (Å²) in [5.41, 5.74) is 6.60. The Balaban J connectivity index is 1.93. The molecule has 1 aromatic carbocycles. The number of carbonyl (C=O) groups is 1. The standard InChI is InChI=1S/C14H13N3O2S/c15-7-9-8-17(5-6-19-9)14(18)13-12(16)10-3-1-2-4-11(10)20-13/h1-4,9H,5-6,8,16H2. The summed E-state index contributed by atoms with van der Waals surface area (Å²) in [5, 5.41) is 9.80. The van der Waals surface area contributed by atoms with E-state index in [9.17, 15) is 4.79 Å². The number of nitrogens with two attached hydrogens (primary N) is 1. The minimum absolute atomic E-state index is 0.118. The van der Waals surface area contributed by atoms with Crippen LogP contribution in [0.3, 0.4) is 0 Å². The highest BCUT2D eigenvalue weighted by molar-refractivity contribution is 7.21. The molecule has 2 aromatic rings. The third-order valence-corrected chi connectivity index (χ3v) is 4.50. The number of carbonyl (C=O) groups excluding carboxylic acids is 1. The van der Waals surface area contributed by atoms with Crippen molar-refractivity contribution < 1.29 is 9.53 Å². The van der Waals surface area contributed by atoms with Crippen molar-refractivity contribution in [2.45, 2.75) is 6.10 Å². The first kappa shape index (κ1) is 12.9. The van der Waals surface area contributed by atoms with Crippen molar-refractivity contribution in [3.8, 4) is 6.07 Å². The highest BCUT2D eigenvalue weighted by atomic mass is 32.1. The first-order valence-electron chi connectivity index (χ1n) is 6.28. The Bertz CT molecular complexity index is 704. The van der Waals surface area contributed by atoms with E-state index in [4.69, 9.17) is 15.7 Å². The van der Waals surface area contributed by atoms with Crippen LogP contribution in [0.15, 0.2) is 24.3 Å². The van der Waals surface area contributed by atoms with Gasteiger partial charge in [-0.25, -0.2) is 0 Å². The van der Waals surface area contributed by atoms with Crippen LogP contribution in [-0.4, -0.2) is 36.6 Å². The molecule has 20 heavy (non-hydrogen) atoms. The van der Waals surface area contributed by atoms with E-state index in [-0.39, 0.29) is 5.91 Å². The van der Waals surface area contributed by atoms with Crippen LogP contribution in [0.2, 0.25) is 0 Å². The highest BCUT2D eigenvalue weighted by Gasteiger charge is 2.27. The minimum atomic E-state index is -0.552. The van der Waals surface area contributed by atoms with E-state index in [0.29, 0.717) is 30.3 Å². The van der Waals surface area contributed by atoms with E-state index >= 15 is 0 Å². The second-order valence-corrected chi connectivity index (χ2v) is 5.63. The van der Waals surface area contributed by atoms with Crippen LogP contribution in [0.4, 0.5) is 5.69 Å². The van der Waals surface area contributed by atoms with Gasteiger partial charge in [-0.1, -0.05) is 18.2 Å². The summed E-state index contributed by atoms with van der Waals surface area (Å²) in [6, 6.07) is 9.72. The normalized spacial score (nSPS) is 18.9. The second kappa shape index (κ2) is 5.12. The lowest BCUT2D eigenvalue weighted by molar-refractivity contribution is 0.00374. The lowest BCUT2D eigenvalue weighted by Gasteiger charge is -2.29. The smallest absolute Gasteiger partial charge is 0.266 e. The number of fused-ring (bicyclic) bond motifs is 1. The summed E-state index contributed by atoms with van der Waals surface area (Å²) in [5.74, 6) is -0.118. The molecule has 1 amide bonds. The molecule has 0 spiro atoms. The summed E-state index contributed by atoms with van der Waals surface area (Å²) in [4.78, 5) is 14.7. The zero-order valence-electron chi connectivity index (χ0n) is 10.7. The van der Waals surface area contributed by atoms with Crippen molar-refractivity contribution in [2.75, 3.05) is 25.4 Å². The molecule has 0 radical (unpaired) electrons.